The van der Waals surface area contributed by atoms with E-state index in [0.717, 1.165) is 16.9 Å². The number of amides is 2. The molecule has 0 aliphatic carbocycles. The summed E-state index contributed by atoms with van der Waals surface area (Å²) < 4.78 is 5.76. The van der Waals surface area contributed by atoms with E-state index in [2.05, 4.69) is 15.8 Å². The van der Waals surface area contributed by atoms with Gasteiger partial charge in [0, 0.05) is 17.7 Å². The van der Waals surface area contributed by atoms with Gasteiger partial charge in [-0.2, -0.15) is 5.10 Å². The summed E-state index contributed by atoms with van der Waals surface area (Å²) in [6.45, 7) is 4.48. The highest BCUT2D eigenvalue weighted by atomic mass is 16.5. The van der Waals surface area contributed by atoms with Gasteiger partial charge in [-0.05, 0) is 65.6 Å². The van der Waals surface area contributed by atoms with Crippen LogP contribution in [0.5, 0.6) is 5.75 Å². The van der Waals surface area contributed by atoms with E-state index in [0.29, 0.717) is 24.3 Å². The SMILES string of the molecule is CC(C)CC(=O)Nc1ccc(C(=O)NN=Cc2ccc(OCc3ccccc3)cc2)cc1. The predicted molar refractivity (Wildman–Crippen MR) is 127 cm³/mol. The number of hydrogen-bond donors (Lipinski definition) is 2. The number of nitrogens with zero attached hydrogens (tertiary/aromatic N) is 1. The van der Waals surface area contributed by atoms with Crippen LogP contribution in [0, 0.1) is 5.92 Å². The van der Waals surface area contributed by atoms with Gasteiger partial charge in [0.1, 0.15) is 12.4 Å². The highest BCUT2D eigenvalue weighted by Gasteiger charge is 2.07. The second kappa shape index (κ2) is 11.5. The highest BCUT2D eigenvalue weighted by molar-refractivity contribution is 5.96. The minimum atomic E-state index is -0.330. The fourth-order valence-corrected chi connectivity index (χ4v) is 2.91. The van der Waals surface area contributed by atoms with Gasteiger partial charge < -0.3 is 10.1 Å². The summed E-state index contributed by atoms with van der Waals surface area (Å²) in [4.78, 5) is 24.1. The molecule has 32 heavy (non-hydrogen) atoms. The number of anilines is 1. The molecular formula is C26H27N3O3. The van der Waals surface area contributed by atoms with Crippen LogP contribution in [0.2, 0.25) is 0 Å². The molecule has 0 aliphatic rings. The molecular weight excluding hydrogens is 402 g/mol. The maximum atomic E-state index is 12.3. The summed E-state index contributed by atoms with van der Waals surface area (Å²) in [5.41, 5.74) is 5.55. The minimum absolute atomic E-state index is 0.0433. The van der Waals surface area contributed by atoms with Crippen molar-refractivity contribution in [1.29, 1.82) is 0 Å². The maximum Gasteiger partial charge on any atom is 0.271 e. The van der Waals surface area contributed by atoms with E-state index in [1.807, 2.05) is 68.4 Å². The summed E-state index contributed by atoms with van der Waals surface area (Å²) in [5.74, 6) is 0.675. The van der Waals surface area contributed by atoms with Crippen LogP contribution < -0.4 is 15.5 Å². The van der Waals surface area contributed by atoms with Crippen LogP contribution in [-0.2, 0) is 11.4 Å². The quantitative estimate of drug-likeness (QED) is 0.370. The van der Waals surface area contributed by atoms with Crippen LogP contribution in [0.15, 0.2) is 84.0 Å². The average Bonchev–Trinajstić information content (AvgIpc) is 2.79. The molecule has 6 nitrogen and oxygen atoms in total. The van der Waals surface area contributed by atoms with Gasteiger partial charge >= 0.3 is 0 Å². The van der Waals surface area contributed by atoms with Gasteiger partial charge in [0.2, 0.25) is 5.91 Å². The van der Waals surface area contributed by atoms with E-state index in [9.17, 15) is 9.59 Å². The fraction of sp³-hybridized carbons (Fsp3) is 0.192. The van der Waals surface area contributed by atoms with Crippen molar-refractivity contribution < 1.29 is 14.3 Å². The fourth-order valence-electron chi connectivity index (χ4n) is 2.91. The first-order valence-corrected chi connectivity index (χ1v) is 10.5. The van der Waals surface area contributed by atoms with Gasteiger partial charge in [0.15, 0.2) is 0 Å². The molecule has 0 spiro atoms. The zero-order valence-electron chi connectivity index (χ0n) is 18.2. The lowest BCUT2D eigenvalue weighted by molar-refractivity contribution is -0.116. The van der Waals surface area contributed by atoms with Crippen molar-refractivity contribution in [3.63, 3.8) is 0 Å². The van der Waals surface area contributed by atoms with Gasteiger partial charge in [-0.3, -0.25) is 9.59 Å². The smallest absolute Gasteiger partial charge is 0.271 e. The van der Waals surface area contributed by atoms with Crippen LogP contribution in [0.3, 0.4) is 0 Å². The van der Waals surface area contributed by atoms with Crippen molar-refractivity contribution in [3.05, 3.63) is 95.6 Å². The number of carbonyl (C=O) groups excluding carboxylic acids is 2. The first-order chi connectivity index (χ1) is 15.5. The van der Waals surface area contributed by atoms with Gasteiger partial charge in [-0.25, -0.2) is 5.43 Å². The maximum absolute atomic E-state index is 12.3. The molecule has 0 heterocycles. The minimum Gasteiger partial charge on any atom is -0.489 e. The topological polar surface area (TPSA) is 79.8 Å². The lowest BCUT2D eigenvalue weighted by atomic mass is 10.1. The molecule has 0 saturated heterocycles. The Balaban J connectivity index is 1.46. The Morgan fingerprint density at radius 2 is 1.62 bits per heavy atom. The summed E-state index contributed by atoms with van der Waals surface area (Å²) >= 11 is 0. The van der Waals surface area contributed by atoms with Crippen molar-refractivity contribution in [3.8, 4) is 5.75 Å². The molecule has 164 valence electrons. The second-order valence-electron chi connectivity index (χ2n) is 7.77. The van der Waals surface area contributed by atoms with E-state index in [1.165, 1.54) is 0 Å². The lowest BCUT2D eigenvalue weighted by Crippen LogP contribution is -2.18. The third kappa shape index (κ3) is 7.40. The predicted octanol–water partition coefficient (Wildman–Crippen LogP) is 5.01. The Kier molecular flexibility index (Phi) is 8.15. The molecule has 3 aromatic carbocycles. The summed E-state index contributed by atoms with van der Waals surface area (Å²) in [5, 5.41) is 6.83. The van der Waals surface area contributed by atoms with Gasteiger partial charge in [-0.1, -0.05) is 44.2 Å². The van der Waals surface area contributed by atoms with Crippen LogP contribution in [-0.4, -0.2) is 18.0 Å². The van der Waals surface area contributed by atoms with E-state index in [4.69, 9.17) is 4.74 Å². The summed E-state index contributed by atoms with van der Waals surface area (Å²) in [7, 11) is 0. The standard InChI is InChI=1S/C26H27N3O3/c1-19(2)16-25(30)28-23-12-10-22(11-13-23)26(31)29-27-17-20-8-14-24(15-9-20)32-18-21-6-4-3-5-7-21/h3-15,17,19H,16,18H2,1-2H3,(H,28,30)(H,29,31). The molecule has 0 fully saturated rings. The number of rotatable bonds is 9. The van der Waals surface area contributed by atoms with E-state index in [-0.39, 0.29) is 17.7 Å². The first-order valence-electron chi connectivity index (χ1n) is 10.5. The summed E-state index contributed by atoms with van der Waals surface area (Å²) in [6, 6.07) is 24.1. The molecule has 0 aromatic heterocycles. The molecule has 6 heteroatoms. The van der Waals surface area contributed by atoms with Crippen molar-refractivity contribution >= 4 is 23.7 Å². The molecule has 0 aliphatic heterocycles. The molecule has 2 amide bonds. The Morgan fingerprint density at radius 1 is 0.938 bits per heavy atom. The van der Waals surface area contributed by atoms with Crippen molar-refractivity contribution in [1.82, 2.24) is 5.43 Å². The Bertz CT molecular complexity index is 1040. The normalized spacial score (nSPS) is 10.8. The molecule has 0 bridgehead atoms. The van der Waals surface area contributed by atoms with Crippen LogP contribution in [0.1, 0.15) is 41.8 Å². The number of carbonyl (C=O) groups is 2. The monoisotopic (exact) mass is 429 g/mol. The van der Waals surface area contributed by atoms with Crippen LogP contribution in [0.25, 0.3) is 0 Å². The van der Waals surface area contributed by atoms with Crippen molar-refractivity contribution in [2.75, 3.05) is 5.32 Å². The lowest BCUT2D eigenvalue weighted by Gasteiger charge is -2.07. The largest absolute Gasteiger partial charge is 0.489 e. The van der Waals surface area contributed by atoms with Crippen molar-refractivity contribution in [2.24, 2.45) is 11.0 Å². The van der Waals surface area contributed by atoms with E-state index in [1.54, 1.807) is 30.5 Å². The third-order valence-corrected chi connectivity index (χ3v) is 4.53. The van der Waals surface area contributed by atoms with Crippen LogP contribution in [0.4, 0.5) is 5.69 Å². The van der Waals surface area contributed by atoms with Gasteiger partial charge in [0.25, 0.3) is 5.91 Å². The first kappa shape index (κ1) is 22.7. The molecule has 2 N–H and O–H groups in total. The van der Waals surface area contributed by atoms with Crippen LogP contribution >= 0.6 is 0 Å². The highest BCUT2D eigenvalue weighted by Crippen LogP contribution is 2.14. The zero-order chi connectivity index (χ0) is 22.8. The molecule has 0 saturated carbocycles. The molecule has 0 atom stereocenters. The third-order valence-electron chi connectivity index (χ3n) is 4.53. The van der Waals surface area contributed by atoms with Gasteiger partial charge in [0.05, 0.1) is 6.21 Å². The zero-order valence-corrected chi connectivity index (χ0v) is 18.2. The van der Waals surface area contributed by atoms with Crippen molar-refractivity contribution in [2.45, 2.75) is 26.9 Å². The molecule has 3 rings (SSSR count). The number of hydrogen-bond acceptors (Lipinski definition) is 4. The Labute approximate surface area is 188 Å². The molecule has 0 radical (unpaired) electrons. The number of hydrazone groups is 1. The molecule has 0 unspecified atom stereocenters. The number of nitrogens with one attached hydrogen (secondary N) is 2. The van der Waals surface area contributed by atoms with E-state index >= 15 is 0 Å². The van der Waals surface area contributed by atoms with Gasteiger partial charge in [-0.15, -0.1) is 0 Å². The number of benzene rings is 3. The second-order valence-corrected chi connectivity index (χ2v) is 7.77. The Hall–Kier alpha value is -3.93. The average molecular weight is 430 g/mol. The molecule has 3 aromatic rings. The number of ether oxygens (including phenoxy) is 1. The Morgan fingerprint density at radius 3 is 2.28 bits per heavy atom. The van der Waals surface area contributed by atoms with E-state index < -0.39 is 0 Å². The summed E-state index contributed by atoms with van der Waals surface area (Å²) in [6.07, 6.45) is 2.02.